The molecule has 2 aromatic carbocycles. The van der Waals surface area contributed by atoms with Crippen molar-refractivity contribution in [2.24, 2.45) is 5.92 Å². The molecule has 0 spiro atoms. The number of carbonyl (C=O) groups excluding carboxylic acids is 1. The fourth-order valence-electron chi connectivity index (χ4n) is 8.65. The van der Waals surface area contributed by atoms with Crippen LogP contribution in [0.25, 0.3) is 22.0 Å². The van der Waals surface area contributed by atoms with E-state index in [1.165, 1.54) is 7.11 Å². The number of likely N-dealkylation sites (tertiary alicyclic amines) is 2. The van der Waals surface area contributed by atoms with Crippen LogP contribution in [0.4, 0.5) is 24.7 Å². The molecule has 3 aromatic heterocycles. The second kappa shape index (κ2) is 16.9. The van der Waals surface area contributed by atoms with E-state index in [4.69, 9.17) is 26.1 Å². The number of anilines is 2. The fourth-order valence-corrected chi connectivity index (χ4v) is 10.3. The zero-order chi connectivity index (χ0) is 43.3. The quantitative estimate of drug-likeness (QED) is 0.116. The number of rotatable bonds is 13. The summed E-state index contributed by atoms with van der Waals surface area (Å²) in [6, 6.07) is 15.0. The number of alkyl halides is 3. The Morgan fingerprint density at radius 3 is 2.48 bits per heavy atom. The van der Waals surface area contributed by atoms with Crippen molar-refractivity contribution in [1.29, 1.82) is 0 Å². The van der Waals surface area contributed by atoms with E-state index in [0.717, 1.165) is 22.1 Å². The summed E-state index contributed by atoms with van der Waals surface area (Å²) >= 11 is 7.12. The maximum atomic E-state index is 14.5. The zero-order valence-corrected chi connectivity index (χ0v) is 35.2. The average molecular weight is 893 g/mol. The molecule has 5 aromatic rings. The molecule has 1 saturated carbocycles. The Morgan fingerprint density at radius 1 is 0.952 bits per heavy atom. The van der Waals surface area contributed by atoms with Gasteiger partial charge >= 0.3 is 6.18 Å². The Balaban J connectivity index is 0.912. The van der Waals surface area contributed by atoms with Gasteiger partial charge in [0.15, 0.2) is 5.82 Å². The molecule has 0 bridgehead atoms. The van der Waals surface area contributed by atoms with E-state index in [0.29, 0.717) is 104 Å². The number of sulfonamides is 1. The SMILES string of the molecule is COc1nc(O[C@@H]2CCc3c(-c4cccc(Nc5nccc6cc(CN7CCC(C(=O)NS(=O)(=O)C8CC8)C7)cnc56)c4Cl)cccc32)c(C(F)(F)F)nc1CN1CC[C@@H](O)C1. The number of ether oxygens (including phenoxy) is 2. The molecule has 14 nitrogen and oxygen atoms in total. The van der Waals surface area contributed by atoms with Gasteiger partial charge in [0.1, 0.15) is 17.3 Å². The highest BCUT2D eigenvalue weighted by Gasteiger charge is 2.42. The first-order valence-corrected chi connectivity index (χ1v) is 22.4. The lowest BCUT2D eigenvalue weighted by molar-refractivity contribution is -0.143. The summed E-state index contributed by atoms with van der Waals surface area (Å²) < 4.78 is 81.7. The number of halogens is 4. The Hall–Kier alpha value is -5.14. The molecule has 1 unspecified atom stereocenters. The molecule has 3 fully saturated rings. The van der Waals surface area contributed by atoms with Crippen molar-refractivity contribution in [2.75, 3.05) is 38.6 Å². The summed E-state index contributed by atoms with van der Waals surface area (Å²) in [5.41, 5.74) is 4.01. The summed E-state index contributed by atoms with van der Waals surface area (Å²) in [4.78, 5) is 34.1. The third-order valence-electron chi connectivity index (χ3n) is 11.9. The van der Waals surface area contributed by atoms with Crippen LogP contribution in [0.2, 0.25) is 5.02 Å². The van der Waals surface area contributed by atoms with E-state index < -0.39 is 57.1 Å². The molecule has 62 heavy (non-hydrogen) atoms. The molecule has 9 rings (SSSR count). The zero-order valence-electron chi connectivity index (χ0n) is 33.7. The van der Waals surface area contributed by atoms with Gasteiger partial charge in [0.2, 0.25) is 33.4 Å². The lowest BCUT2D eigenvalue weighted by atomic mass is 9.96. The minimum atomic E-state index is -4.85. The standard InChI is InChI=1S/C43H44ClF3N8O6S/c1-60-41-34(23-55-17-14-27(56)22-55)50-38(43(45,46)47)42(52-41)61-35-11-10-30-29(4-2-5-31(30)35)32-6-3-7-33(36(32)44)51-39-37-25(12-15-48-39)18-24(19-49-37)20-54-16-13-26(21-54)40(57)53-62(58,59)28-8-9-28/h2-7,12,15,18-19,26-28,35,56H,8-11,13-14,16-17,20-23H2,1H3,(H,48,51)(H,53,57)/t26?,27-,35-/m1/s1. The normalized spacial score (nSPS) is 20.7. The van der Waals surface area contributed by atoms with Crippen LogP contribution < -0.4 is 19.5 Å². The highest BCUT2D eigenvalue weighted by atomic mass is 35.5. The van der Waals surface area contributed by atoms with E-state index in [1.54, 1.807) is 17.3 Å². The number of pyridine rings is 2. The molecule has 5 heterocycles. The van der Waals surface area contributed by atoms with Gasteiger partial charge in [-0.1, -0.05) is 41.9 Å². The summed E-state index contributed by atoms with van der Waals surface area (Å²) in [5.74, 6) is -1.10. The van der Waals surface area contributed by atoms with Crippen molar-refractivity contribution >= 4 is 49.9 Å². The number of nitrogens with zero attached hydrogens (tertiary/aromatic N) is 6. The number of carbonyl (C=O) groups is 1. The van der Waals surface area contributed by atoms with Crippen molar-refractivity contribution in [3.05, 3.63) is 94.0 Å². The first-order valence-electron chi connectivity index (χ1n) is 20.5. The first-order chi connectivity index (χ1) is 29.7. The van der Waals surface area contributed by atoms with Gasteiger partial charge in [0.05, 0.1) is 35.1 Å². The summed E-state index contributed by atoms with van der Waals surface area (Å²) in [5, 5.41) is 14.1. The Labute approximate surface area is 360 Å². The van der Waals surface area contributed by atoms with Crippen LogP contribution in [0.5, 0.6) is 11.8 Å². The van der Waals surface area contributed by atoms with Crippen molar-refractivity contribution in [1.82, 2.24) is 34.5 Å². The van der Waals surface area contributed by atoms with E-state index in [1.807, 2.05) is 48.5 Å². The second-order valence-electron chi connectivity index (χ2n) is 16.3. The van der Waals surface area contributed by atoms with Crippen molar-refractivity contribution in [3.8, 4) is 22.9 Å². The minimum Gasteiger partial charge on any atom is -0.480 e. The lowest BCUT2D eigenvalue weighted by Gasteiger charge is -2.21. The molecular weight excluding hydrogens is 849 g/mol. The van der Waals surface area contributed by atoms with Crippen LogP contribution in [0, 0.1) is 5.92 Å². The number of aliphatic hydroxyl groups is 1. The summed E-state index contributed by atoms with van der Waals surface area (Å²) in [6.45, 7) is 2.51. The van der Waals surface area contributed by atoms with Gasteiger partial charge in [-0.05, 0) is 85.5 Å². The van der Waals surface area contributed by atoms with Crippen LogP contribution in [-0.4, -0.2) is 93.8 Å². The largest absolute Gasteiger partial charge is 0.480 e. The number of methoxy groups -OCH3 is 1. The molecule has 326 valence electrons. The van der Waals surface area contributed by atoms with Gasteiger partial charge in [-0.15, -0.1) is 0 Å². The van der Waals surface area contributed by atoms with Crippen molar-refractivity contribution < 1.29 is 41.0 Å². The molecule has 19 heteroatoms. The number of amides is 1. The number of β-amino-alcohol motifs (C(OH)–C–C–N with tert-alkyl or cyclic N) is 1. The van der Waals surface area contributed by atoms with Gasteiger partial charge in [-0.25, -0.2) is 18.4 Å². The highest BCUT2D eigenvalue weighted by molar-refractivity contribution is 7.90. The molecule has 0 radical (unpaired) electrons. The number of nitrogens with one attached hydrogen (secondary N) is 2. The molecule has 2 aliphatic carbocycles. The smallest absolute Gasteiger partial charge is 0.438 e. The van der Waals surface area contributed by atoms with Gasteiger partial charge in [0.25, 0.3) is 0 Å². The molecule has 3 atom stereocenters. The topological polar surface area (TPSA) is 172 Å². The van der Waals surface area contributed by atoms with Gasteiger partial charge in [-0.3, -0.25) is 24.3 Å². The van der Waals surface area contributed by atoms with E-state index >= 15 is 0 Å². The minimum absolute atomic E-state index is 0.0133. The van der Waals surface area contributed by atoms with Crippen LogP contribution >= 0.6 is 11.6 Å². The molecular formula is C43H44ClF3N8O6S. The molecule has 2 saturated heterocycles. The molecule has 2 aliphatic heterocycles. The summed E-state index contributed by atoms with van der Waals surface area (Å²) in [6.07, 6.45) is 0.457. The predicted molar refractivity (Wildman–Crippen MR) is 224 cm³/mol. The maximum absolute atomic E-state index is 14.5. The third kappa shape index (κ3) is 8.75. The number of benzene rings is 2. The maximum Gasteiger partial charge on any atom is 0.438 e. The van der Waals surface area contributed by atoms with Gasteiger partial charge in [0, 0.05) is 56.1 Å². The predicted octanol–water partition coefficient (Wildman–Crippen LogP) is 6.57. The second-order valence-corrected chi connectivity index (χ2v) is 18.7. The van der Waals surface area contributed by atoms with Crippen LogP contribution in [-0.2, 0) is 40.5 Å². The fraction of sp³-hybridized carbons (Fsp3) is 0.419. The first kappa shape index (κ1) is 42.2. The Bertz CT molecular complexity index is 2650. The van der Waals surface area contributed by atoms with Crippen LogP contribution in [0.1, 0.15) is 66.3 Å². The van der Waals surface area contributed by atoms with E-state index in [-0.39, 0.29) is 18.1 Å². The van der Waals surface area contributed by atoms with Crippen LogP contribution in [0.3, 0.4) is 0 Å². The Kier molecular flexibility index (Phi) is 11.5. The number of hydrogen-bond donors (Lipinski definition) is 3. The third-order valence-corrected chi connectivity index (χ3v) is 14.1. The van der Waals surface area contributed by atoms with E-state index in [2.05, 4.69) is 29.9 Å². The number of aliphatic hydroxyl groups excluding tert-OH is 1. The Morgan fingerprint density at radius 2 is 1.73 bits per heavy atom. The highest BCUT2D eigenvalue weighted by Crippen LogP contribution is 2.45. The summed E-state index contributed by atoms with van der Waals surface area (Å²) in [7, 11) is -2.27. The average Bonchev–Trinajstić information content (AvgIpc) is 3.69. The van der Waals surface area contributed by atoms with Gasteiger partial charge in [-0.2, -0.15) is 18.2 Å². The lowest BCUT2D eigenvalue weighted by Crippen LogP contribution is -2.38. The van der Waals surface area contributed by atoms with E-state index in [9.17, 15) is 31.5 Å². The van der Waals surface area contributed by atoms with Crippen LogP contribution in [0.15, 0.2) is 60.9 Å². The molecule has 1 amide bonds. The number of hydrogen-bond acceptors (Lipinski definition) is 13. The van der Waals surface area contributed by atoms with Gasteiger partial charge < -0.3 is 19.9 Å². The molecule has 3 N–H and O–H groups in total. The number of aromatic nitrogens is 4. The van der Waals surface area contributed by atoms with Crippen molar-refractivity contribution in [3.63, 3.8) is 0 Å². The number of fused-ring (bicyclic) bond motifs is 2. The molecule has 4 aliphatic rings. The van der Waals surface area contributed by atoms with Crippen molar-refractivity contribution in [2.45, 2.75) is 75.2 Å². The monoisotopic (exact) mass is 892 g/mol.